The van der Waals surface area contributed by atoms with Crippen LogP contribution < -0.4 is 5.32 Å². The van der Waals surface area contributed by atoms with Crippen LogP contribution in [-0.2, 0) is 19.7 Å². The van der Waals surface area contributed by atoms with Crippen LogP contribution in [0.2, 0.25) is 0 Å². The molecule has 3 rings (SSSR count). The van der Waals surface area contributed by atoms with E-state index in [0.717, 1.165) is 28.8 Å². The van der Waals surface area contributed by atoms with Gasteiger partial charge in [0.15, 0.2) is 0 Å². The van der Waals surface area contributed by atoms with E-state index in [2.05, 4.69) is 28.5 Å². The van der Waals surface area contributed by atoms with E-state index in [-0.39, 0.29) is 6.61 Å². The Morgan fingerprint density at radius 1 is 1.00 bits per heavy atom. The number of hydrogen-bond acceptors (Lipinski definition) is 4. The number of nitrogens with one attached hydrogen (secondary N) is 1. The van der Waals surface area contributed by atoms with Crippen LogP contribution in [0, 0.1) is 0 Å². The molecule has 0 saturated heterocycles. The number of rotatable bonds is 5. The van der Waals surface area contributed by atoms with Gasteiger partial charge in [-0.05, 0) is 23.8 Å². The number of benzene rings is 1. The summed E-state index contributed by atoms with van der Waals surface area (Å²) in [6.07, 6.45) is 1.81. The first-order chi connectivity index (χ1) is 9.86. The van der Waals surface area contributed by atoms with Gasteiger partial charge >= 0.3 is 0 Å². The SMILES string of the molecule is OCc1ccc(CNCc2cccc3cccnc23)o1. The van der Waals surface area contributed by atoms with E-state index in [0.29, 0.717) is 12.3 Å². The van der Waals surface area contributed by atoms with Crippen molar-refractivity contribution in [2.45, 2.75) is 19.7 Å². The van der Waals surface area contributed by atoms with Gasteiger partial charge < -0.3 is 14.8 Å². The first kappa shape index (κ1) is 12.8. The Bertz CT molecular complexity index is 701. The van der Waals surface area contributed by atoms with Gasteiger partial charge in [0.25, 0.3) is 0 Å². The van der Waals surface area contributed by atoms with Crippen molar-refractivity contribution in [2.75, 3.05) is 0 Å². The highest BCUT2D eigenvalue weighted by molar-refractivity contribution is 5.81. The van der Waals surface area contributed by atoms with Crippen LogP contribution in [0.5, 0.6) is 0 Å². The summed E-state index contributed by atoms with van der Waals surface area (Å²) in [5.41, 5.74) is 2.19. The predicted octanol–water partition coefficient (Wildman–Crippen LogP) is 2.61. The number of fused-ring (bicyclic) bond motifs is 1. The molecule has 2 heterocycles. The van der Waals surface area contributed by atoms with E-state index >= 15 is 0 Å². The van der Waals surface area contributed by atoms with E-state index in [4.69, 9.17) is 9.52 Å². The lowest BCUT2D eigenvalue weighted by molar-refractivity contribution is 0.242. The van der Waals surface area contributed by atoms with Gasteiger partial charge in [-0.3, -0.25) is 4.98 Å². The minimum Gasteiger partial charge on any atom is -0.462 e. The third-order valence-corrected chi connectivity index (χ3v) is 3.20. The highest BCUT2D eigenvalue weighted by Gasteiger charge is 2.03. The summed E-state index contributed by atoms with van der Waals surface area (Å²) in [6, 6.07) is 13.8. The molecule has 0 aliphatic heterocycles. The van der Waals surface area contributed by atoms with Crippen molar-refractivity contribution in [3.05, 3.63) is 65.7 Å². The smallest absolute Gasteiger partial charge is 0.129 e. The first-order valence-corrected chi connectivity index (χ1v) is 6.58. The van der Waals surface area contributed by atoms with E-state index < -0.39 is 0 Å². The molecule has 2 aromatic heterocycles. The summed E-state index contributed by atoms with van der Waals surface area (Å²) in [6.45, 7) is 1.29. The second-order valence-corrected chi connectivity index (χ2v) is 4.62. The number of aliphatic hydroxyl groups excluding tert-OH is 1. The maximum absolute atomic E-state index is 8.95. The van der Waals surface area contributed by atoms with Crippen LogP contribution in [-0.4, -0.2) is 10.1 Å². The summed E-state index contributed by atoms with van der Waals surface area (Å²) in [4.78, 5) is 4.43. The lowest BCUT2D eigenvalue weighted by Gasteiger charge is -2.06. The van der Waals surface area contributed by atoms with Crippen molar-refractivity contribution >= 4 is 10.9 Å². The molecule has 0 aliphatic carbocycles. The standard InChI is InChI=1S/C16H16N2O2/c19-11-15-7-6-14(20-15)10-17-9-13-4-1-3-12-5-2-8-18-16(12)13/h1-8,17,19H,9-11H2. The first-order valence-electron chi connectivity index (χ1n) is 6.58. The number of furan rings is 1. The summed E-state index contributed by atoms with van der Waals surface area (Å²) >= 11 is 0. The maximum Gasteiger partial charge on any atom is 0.129 e. The van der Waals surface area contributed by atoms with Crippen molar-refractivity contribution in [1.29, 1.82) is 0 Å². The van der Waals surface area contributed by atoms with Crippen molar-refractivity contribution in [2.24, 2.45) is 0 Å². The molecule has 20 heavy (non-hydrogen) atoms. The molecule has 0 atom stereocenters. The molecular formula is C16H16N2O2. The fourth-order valence-corrected chi connectivity index (χ4v) is 2.23. The largest absolute Gasteiger partial charge is 0.462 e. The van der Waals surface area contributed by atoms with Crippen LogP contribution in [0.15, 0.2) is 53.1 Å². The number of para-hydroxylation sites is 1. The number of aromatic nitrogens is 1. The van der Waals surface area contributed by atoms with E-state index in [1.165, 1.54) is 0 Å². The van der Waals surface area contributed by atoms with Crippen molar-refractivity contribution in [3.63, 3.8) is 0 Å². The van der Waals surface area contributed by atoms with Gasteiger partial charge in [0.2, 0.25) is 0 Å². The van der Waals surface area contributed by atoms with E-state index in [1.807, 2.05) is 24.4 Å². The molecule has 0 amide bonds. The molecule has 2 N–H and O–H groups in total. The van der Waals surface area contributed by atoms with Gasteiger partial charge in [-0.25, -0.2) is 0 Å². The summed E-state index contributed by atoms with van der Waals surface area (Å²) in [5, 5.41) is 13.4. The van der Waals surface area contributed by atoms with Crippen LogP contribution >= 0.6 is 0 Å². The third-order valence-electron chi connectivity index (χ3n) is 3.20. The average Bonchev–Trinajstić information content (AvgIpc) is 2.95. The molecule has 102 valence electrons. The molecule has 0 fully saturated rings. The molecule has 1 aromatic carbocycles. The molecule has 0 radical (unpaired) electrons. The quantitative estimate of drug-likeness (QED) is 0.746. The number of pyridine rings is 1. The number of nitrogens with zero attached hydrogens (tertiary/aromatic N) is 1. The van der Waals surface area contributed by atoms with E-state index in [1.54, 1.807) is 6.07 Å². The molecular weight excluding hydrogens is 252 g/mol. The zero-order chi connectivity index (χ0) is 13.8. The molecule has 4 nitrogen and oxygen atoms in total. The van der Waals surface area contributed by atoms with Crippen LogP contribution in [0.3, 0.4) is 0 Å². The Morgan fingerprint density at radius 3 is 2.70 bits per heavy atom. The highest BCUT2D eigenvalue weighted by atomic mass is 16.4. The van der Waals surface area contributed by atoms with Gasteiger partial charge in [0.05, 0.1) is 12.1 Å². The Kier molecular flexibility index (Phi) is 3.76. The molecule has 0 spiro atoms. The van der Waals surface area contributed by atoms with Gasteiger partial charge in [0.1, 0.15) is 18.1 Å². The Hall–Kier alpha value is -2.17. The minimum atomic E-state index is -0.0623. The van der Waals surface area contributed by atoms with Gasteiger partial charge in [0, 0.05) is 18.1 Å². The lowest BCUT2D eigenvalue weighted by Crippen LogP contribution is -2.12. The summed E-state index contributed by atoms with van der Waals surface area (Å²) < 4.78 is 5.43. The van der Waals surface area contributed by atoms with Crippen molar-refractivity contribution in [1.82, 2.24) is 10.3 Å². The van der Waals surface area contributed by atoms with Crippen molar-refractivity contribution in [3.8, 4) is 0 Å². The number of hydrogen-bond donors (Lipinski definition) is 2. The minimum absolute atomic E-state index is 0.0623. The van der Waals surface area contributed by atoms with Gasteiger partial charge in [-0.1, -0.05) is 24.3 Å². The molecule has 0 unspecified atom stereocenters. The van der Waals surface area contributed by atoms with E-state index in [9.17, 15) is 0 Å². The monoisotopic (exact) mass is 268 g/mol. The zero-order valence-electron chi connectivity index (χ0n) is 11.0. The second-order valence-electron chi connectivity index (χ2n) is 4.62. The summed E-state index contributed by atoms with van der Waals surface area (Å²) in [7, 11) is 0. The zero-order valence-corrected chi connectivity index (χ0v) is 11.0. The number of aliphatic hydroxyl groups is 1. The fourth-order valence-electron chi connectivity index (χ4n) is 2.23. The summed E-state index contributed by atoms with van der Waals surface area (Å²) in [5.74, 6) is 1.41. The molecule has 0 saturated carbocycles. The average molecular weight is 268 g/mol. The van der Waals surface area contributed by atoms with Crippen molar-refractivity contribution < 1.29 is 9.52 Å². The maximum atomic E-state index is 8.95. The topological polar surface area (TPSA) is 58.3 Å². The van der Waals surface area contributed by atoms with Gasteiger partial charge in [-0.2, -0.15) is 0 Å². The van der Waals surface area contributed by atoms with Crippen LogP contribution in [0.4, 0.5) is 0 Å². The highest BCUT2D eigenvalue weighted by Crippen LogP contribution is 2.16. The Balaban J connectivity index is 1.68. The molecule has 3 aromatic rings. The normalized spacial score (nSPS) is 11.1. The van der Waals surface area contributed by atoms with Gasteiger partial charge in [-0.15, -0.1) is 0 Å². The van der Waals surface area contributed by atoms with Crippen LogP contribution in [0.25, 0.3) is 10.9 Å². The molecule has 4 heteroatoms. The fraction of sp³-hybridized carbons (Fsp3) is 0.188. The Labute approximate surface area is 117 Å². The molecule has 0 aliphatic rings. The molecule has 0 bridgehead atoms. The van der Waals surface area contributed by atoms with Crippen LogP contribution in [0.1, 0.15) is 17.1 Å². The third kappa shape index (κ3) is 2.71. The lowest BCUT2D eigenvalue weighted by atomic mass is 10.1. The Morgan fingerprint density at radius 2 is 1.85 bits per heavy atom. The second kappa shape index (κ2) is 5.86. The predicted molar refractivity (Wildman–Crippen MR) is 76.9 cm³/mol.